The number of nitrogens with zero attached hydrogens (tertiary/aromatic N) is 5. The zero-order valence-corrected chi connectivity index (χ0v) is 13.4. The standard InChI is InChI=1S/C18H20N6/c1-2-5-15(6-3-1)13-23-10-7-16(14-23)21-17-11-19-12-18(22-17)24-9-4-8-20-24/h1-6,8-9,11-12,16H,7,10,13-14H2,(H,21,22). The fourth-order valence-corrected chi connectivity index (χ4v) is 3.08. The zero-order chi connectivity index (χ0) is 16.2. The van der Waals surface area contributed by atoms with E-state index in [1.165, 1.54) is 5.56 Å². The molecule has 1 aliphatic heterocycles. The highest BCUT2D eigenvalue weighted by atomic mass is 15.3. The number of rotatable bonds is 5. The highest BCUT2D eigenvalue weighted by Gasteiger charge is 2.22. The first kappa shape index (κ1) is 14.8. The molecule has 1 fully saturated rings. The second kappa shape index (κ2) is 6.80. The summed E-state index contributed by atoms with van der Waals surface area (Å²) < 4.78 is 1.72. The molecule has 1 atom stereocenters. The van der Waals surface area contributed by atoms with Crippen LogP contribution in [0.2, 0.25) is 0 Å². The van der Waals surface area contributed by atoms with Crippen molar-refractivity contribution in [3.63, 3.8) is 0 Å². The monoisotopic (exact) mass is 320 g/mol. The molecule has 2 aromatic heterocycles. The number of anilines is 1. The van der Waals surface area contributed by atoms with Crippen molar-refractivity contribution in [2.24, 2.45) is 0 Å². The SMILES string of the molecule is c1ccc(CN2CCC(Nc3cncc(-n4cccn4)n3)C2)cc1. The predicted octanol–water partition coefficient (Wildman–Crippen LogP) is 2.35. The molecule has 0 aliphatic carbocycles. The Kier molecular flexibility index (Phi) is 4.20. The fourth-order valence-electron chi connectivity index (χ4n) is 3.08. The van der Waals surface area contributed by atoms with Gasteiger partial charge in [-0.3, -0.25) is 9.88 Å². The van der Waals surface area contributed by atoms with E-state index in [9.17, 15) is 0 Å². The van der Waals surface area contributed by atoms with Crippen molar-refractivity contribution in [3.05, 3.63) is 66.7 Å². The lowest BCUT2D eigenvalue weighted by Gasteiger charge is -2.17. The summed E-state index contributed by atoms with van der Waals surface area (Å²) in [6, 6.07) is 12.9. The highest BCUT2D eigenvalue weighted by Crippen LogP contribution is 2.17. The quantitative estimate of drug-likeness (QED) is 0.782. The maximum atomic E-state index is 4.60. The van der Waals surface area contributed by atoms with E-state index in [-0.39, 0.29) is 0 Å². The van der Waals surface area contributed by atoms with Gasteiger partial charge in [0.05, 0.1) is 12.4 Å². The molecule has 1 aliphatic rings. The Labute approximate surface area is 141 Å². The largest absolute Gasteiger partial charge is 0.365 e. The molecule has 1 saturated heterocycles. The van der Waals surface area contributed by atoms with Crippen molar-refractivity contribution in [1.82, 2.24) is 24.6 Å². The van der Waals surface area contributed by atoms with Crippen LogP contribution in [0, 0.1) is 0 Å². The van der Waals surface area contributed by atoms with E-state index in [1.807, 2.05) is 12.3 Å². The van der Waals surface area contributed by atoms with Gasteiger partial charge in [-0.2, -0.15) is 5.10 Å². The summed E-state index contributed by atoms with van der Waals surface area (Å²) in [4.78, 5) is 11.3. The van der Waals surface area contributed by atoms with Gasteiger partial charge in [-0.25, -0.2) is 9.67 Å². The third kappa shape index (κ3) is 3.44. The lowest BCUT2D eigenvalue weighted by Crippen LogP contribution is -2.26. The Morgan fingerprint density at radius 1 is 1.12 bits per heavy atom. The molecule has 0 radical (unpaired) electrons. The molecule has 1 N–H and O–H groups in total. The fraction of sp³-hybridized carbons (Fsp3) is 0.278. The lowest BCUT2D eigenvalue weighted by atomic mass is 10.2. The Bertz CT molecular complexity index is 771. The van der Waals surface area contributed by atoms with Crippen molar-refractivity contribution in [2.75, 3.05) is 18.4 Å². The van der Waals surface area contributed by atoms with Crippen LogP contribution < -0.4 is 5.32 Å². The van der Waals surface area contributed by atoms with E-state index in [1.54, 1.807) is 23.3 Å². The Morgan fingerprint density at radius 2 is 2.04 bits per heavy atom. The summed E-state index contributed by atoms with van der Waals surface area (Å²) >= 11 is 0. The molecule has 0 saturated carbocycles. The normalized spacial score (nSPS) is 17.9. The van der Waals surface area contributed by atoms with Gasteiger partial charge >= 0.3 is 0 Å². The predicted molar refractivity (Wildman–Crippen MR) is 92.9 cm³/mol. The summed E-state index contributed by atoms with van der Waals surface area (Å²) in [6.07, 6.45) is 8.20. The van der Waals surface area contributed by atoms with Crippen molar-refractivity contribution in [3.8, 4) is 5.82 Å². The van der Waals surface area contributed by atoms with Crippen LogP contribution >= 0.6 is 0 Å². The van der Waals surface area contributed by atoms with Crippen LogP contribution in [0.25, 0.3) is 5.82 Å². The van der Waals surface area contributed by atoms with Crippen LogP contribution in [0.4, 0.5) is 5.82 Å². The molecule has 0 bridgehead atoms. The number of benzene rings is 1. The van der Waals surface area contributed by atoms with Crippen LogP contribution in [0.1, 0.15) is 12.0 Å². The molecule has 3 heterocycles. The van der Waals surface area contributed by atoms with Gasteiger partial charge in [0.1, 0.15) is 5.82 Å². The first-order valence-electron chi connectivity index (χ1n) is 8.22. The van der Waals surface area contributed by atoms with Crippen LogP contribution in [0.5, 0.6) is 0 Å². The van der Waals surface area contributed by atoms with Crippen LogP contribution in [0.15, 0.2) is 61.2 Å². The van der Waals surface area contributed by atoms with Gasteiger partial charge in [-0.15, -0.1) is 0 Å². The van der Waals surface area contributed by atoms with Crippen molar-refractivity contribution < 1.29 is 0 Å². The average molecular weight is 320 g/mol. The van der Waals surface area contributed by atoms with Gasteiger partial charge < -0.3 is 5.32 Å². The summed E-state index contributed by atoms with van der Waals surface area (Å²) in [5, 5.41) is 7.70. The summed E-state index contributed by atoms with van der Waals surface area (Å²) in [5.41, 5.74) is 1.36. The molecule has 24 heavy (non-hydrogen) atoms. The minimum atomic E-state index is 0.399. The van der Waals surface area contributed by atoms with Gasteiger partial charge in [0.15, 0.2) is 5.82 Å². The minimum Gasteiger partial charge on any atom is -0.365 e. The summed E-state index contributed by atoms with van der Waals surface area (Å²) in [6.45, 7) is 3.11. The topological polar surface area (TPSA) is 58.9 Å². The van der Waals surface area contributed by atoms with Gasteiger partial charge in [0.2, 0.25) is 0 Å². The van der Waals surface area contributed by atoms with Crippen molar-refractivity contribution in [2.45, 2.75) is 19.0 Å². The Hall–Kier alpha value is -2.73. The van der Waals surface area contributed by atoms with Gasteiger partial charge in [-0.1, -0.05) is 30.3 Å². The second-order valence-electron chi connectivity index (χ2n) is 6.06. The van der Waals surface area contributed by atoms with Crippen molar-refractivity contribution >= 4 is 5.82 Å². The molecule has 0 spiro atoms. The third-order valence-corrected chi connectivity index (χ3v) is 4.23. The van der Waals surface area contributed by atoms with Crippen LogP contribution in [-0.4, -0.2) is 43.8 Å². The molecule has 122 valence electrons. The van der Waals surface area contributed by atoms with E-state index < -0.39 is 0 Å². The van der Waals surface area contributed by atoms with Crippen LogP contribution in [0.3, 0.4) is 0 Å². The third-order valence-electron chi connectivity index (χ3n) is 4.23. The Balaban J connectivity index is 1.37. The molecule has 1 unspecified atom stereocenters. The van der Waals surface area contributed by atoms with E-state index in [2.05, 4.69) is 55.6 Å². The van der Waals surface area contributed by atoms with Gasteiger partial charge in [0, 0.05) is 38.1 Å². The molecule has 6 heteroatoms. The lowest BCUT2D eigenvalue weighted by molar-refractivity contribution is 0.328. The summed E-state index contributed by atoms with van der Waals surface area (Å²) in [7, 11) is 0. The van der Waals surface area contributed by atoms with E-state index in [4.69, 9.17) is 0 Å². The maximum absolute atomic E-state index is 4.60. The zero-order valence-electron chi connectivity index (χ0n) is 13.4. The minimum absolute atomic E-state index is 0.399. The first-order chi connectivity index (χ1) is 11.9. The second-order valence-corrected chi connectivity index (χ2v) is 6.06. The number of nitrogens with one attached hydrogen (secondary N) is 1. The molecule has 0 amide bonds. The molecular formula is C18H20N6. The van der Waals surface area contributed by atoms with E-state index >= 15 is 0 Å². The molecule has 6 nitrogen and oxygen atoms in total. The smallest absolute Gasteiger partial charge is 0.173 e. The molecule has 4 rings (SSSR count). The number of hydrogen-bond donors (Lipinski definition) is 1. The first-order valence-corrected chi connectivity index (χ1v) is 8.22. The van der Waals surface area contributed by atoms with Crippen molar-refractivity contribution in [1.29, 1.82) is 0 Å². The maximum Gasteiger partial charge on any atom is 0.173 e. The van der Waals surface area contributed by atoms with Crippen LogP contribution in [-0.2, 0) is 6.54 Å². The molecular weight excluding hydrogens is 300 g/mol. The molecule has 1 aromatic carbocycles. The highest BCUT2D eigenvalue weighted by molar-refractivity contribution is 5.37. The van der Waals surface area contributed by atoms with Gasteiger partial charge in [0.25, 0.3) is 0 Å². The summed E-state index contributed by atoms with van der Waals surface area (Å²) in [5.74, 6) is 1.53. The number of likely N-dealkylation sites (tertiary alicyclic amines) is 1. The van der Waals surface area contributed by atoms with E-state index in [0.29, 0.717) is 6.04 Å². The Morgan fingerprint density at radius 3 is 2.88 bits per heavy atom. The number of hydrogen-bond acceptors (Lipinski definition) is 5. The van der Waals surface area contributed by atoms with Gasteiger partial charge in [-0.05, 0) is 18.1 Å². The molecule has 3 aromatic rings. The average Bonchev–Trinajstić information content (AvgIpc) is 3.28. The number of aromatic nitrogens is 4. The van der Waals surface area contributed by atoms with E-state index in [0.717, 1.165) is 37.7 Å².